The van der Waals surface area contributed by atoms with E-state index in [1.54, 1.807) is 38.1 Å². The fourth-order valence-electron chi connectivity index (χ4n) is 1.89. The van der Waals surface area contributed by atoms with Crippen molar-refractivity contribution < 1.29 is 23.5 Å². The molecule has 0 aromatic heterocycles. The van der Waals surface area contributed by atoms with Crippen molar-refractivity contribution in [1.82, 2.24) is 0 Å². The number of ether oxygens (including phenoxy) is 2. The summed E-state index contributed by atoms with van der Waals surface area (Å²) in [5.74, 6) is -0.944. The van der Waals surface area contributed by atoms with Gasteiger partial charge in [0.15, 0.2) is 0 Å². The van der Waals surface area contributed by atoms with Gasteiger partial charge in [-0.25, -0.2) is 9.18 Å². The average molecular weight is 328 g/mol. The normalized spacial score (nSPS) is 10.1. The largest absolute Gasteiger partial charge is 0.426 e. The first-order valence-corrected chi connectivity index (χ1v) is 7.39. The minimum Gasteiger partial charge on any atom is -0.426 e. The zero-order chi connectivity index (χ0) is 17.7. The van der Waals surface area contributed by atoms with Gasteiger partial charge < -0.3 is 9.47 Å². The molecular formula is C19H17FO4. The minimum absolute atomic E-state index is 0.162. The Morgan fingerprint density at radius 2 is 1.67 bits per heavy atom. The van der Waals surface area contributed by atoms with E-state index in [1.807, 2.05) is 0 Å². The summed E-state index contributed by atoms with van der Waals surface area (Å²) in [7, 11) is 0. The van der Waals surface area contributed by atoms with Crippen LogP contribution in [0.4, 0.5) is 4.39 Å². The quantitative estimate of drug-likeness (QED) is 0.467. The van der Waals surface area contributed by atoms with Crippen LogP contribution in [0.15, 0.2) is 54.6 Å². The number of carbonyl (C=O) groups is 2. The van der Waals surface area contributed by atoms with Crippen LogP contribution in [0.2, 0.25) is 0 Å². The molecule has 24 heavy (non-hydrogen) atoms. The summed E-state index contributed by atoms with van der Waals surface area (Å²) in [4.78, 5) is 22.7. The van der Waals surface area contributed by atoms with Crippen LogP contribution in [-0.2, 0) is 9.59 Å². The van der Waals surface area contributed by atoms with E-state index in [9.17, 15) is 14.0 Å². The number of esters is 2. The van der Waals surface area contributed by atoms with Crippen molar-refractivity contribution in [1.29, 1.82) is 0 Å². The molecule has 124 valence electrons. The van der Waals surface area contributed by atoms with Crippen LogP contribution in [0.3, 0.4) is 0 Å². The second kappa shape index (κ2) is 7.55. The number of carbonyl (C=O) groups excluding carboxylic acids is 2. The van der Waals surface area contributed by atoms with Crippen LogP contribution >= 0.6 is 0 Å². The molecule has 0 saturated heterocycles. The number of hydrogen-bond donors (Lipinski definition) is 0. The van der Waals surface area contributed by atoms with Gasteiger partial charge in [0.25, 0.3) is 0 Å². The summed E-state index contributed by atoms with van der Waals surface area (Å²) in [5, 5.41) is 0. The van der Waals surface area contributed by atoms with E-state index in [0.717, 1.165) is 6.07 Å². The van der Waals surface area contributed by atoms with E-state index in [0.29, 0.717) is 22.4 Å². The Bertz CT molecular complexity index is 778. The molecule has 0 aliphatic rings. The second-order valence-electron chi connectivity index (χ2n) is 5.16. The fraction of sp³-hybridized carbons (Fsp3) is 0.158. The van der Waals surface area contributed by atoms with Crippen molar-refractivity contribution in [2.75, 3.05) is 0 Å². The molecule has 0 saturated carbocycles. The third-order valence-corrected chi connectivity index (χ3v) is 3.19. The van der Waals surface area contributed by atoms with Crippen molar-refractivity contribution >= 4 is 11.9 Å². The van der Waals surface area contributed by atoms with Crippen molar-refractivity contribution in [3.63, 3.8) is 0 Å². The Morgan fingerprint density at radius 1 is 1.04 bits per heavy atom. The third kappa shape index (κ3) is 4.29. The first kappa shape index (κ1) is 17.4. The highest BCUT2D eigenvalue weighted by Crippen LogP contribution is 2.28. The van der Waals surface area contributed by atoms with Gasteiger partial charge >= 0.3 is 11.9 Å². The number of halogens is 1. The van der Waals surface area contributed by atoms with Crippen molar-refractivity contribution in [3.05, 3.63) is 60.4 Å². The Kier molecular flexibility index (Phi) is 5.47. The van der Waals surface area contributed by atoms with Crippen LogP contribution < -0.4 is 9.47 Å². The number of hydrogen-bond acceptors (Lipinski definition) is 4. The Morgan fingerprint density at radius 3 is 2.21 bits per heavy atom. The lowest BCUT2D eigenvalue weighted by Crippen LogP contribution is -2.07. The molecule has 0 aliphatic carbocycles. The SMILES string of the molecule is C=C(C)C(=O)Oc1ccc(-c2ccc(OC(=O)CC)cc2F)cc1. The summed E-state index contributed by atoms with van der Waals surface area (Å²) in [6, 6.07) is 10.6. The lowest BCUT2D eigenvalue weighted by Gasteiger charge is -2.08. The van der Waals surface area contributed by atoms with Gasteiger partial charge in [-0.15, -0.1) is 0 Å². The molecule has 0 N–H and O–H groups in total. The highest BCUT2D eigenvalue weighted by molar-refractivity contribution is 5.88. The highest BCUT2D eigenvalue weighted by atomic mass is 19.1. The summed E-state index contributed by atoms with van der Waals surface area (Å²) in [6.45, 7) is 6.72. The predicted octanol–water partition coefficient (Wildman–Crippen LogP) is 4.29. The van der Waals surface area contributed by atoms with Crippen molar-refractivity contribution in [2.45, 2.75) is 20.3 Å². The highest BCUT2D eigenvalue weighted by Gasteiger charge is 2.10. The van der Waals surface area contributed by atoms with Crippen LogP contribution in [0.25, 0.3) is 11.1 Å². The van der Waals surface area contributed by atoms with Crippen molar-refractivity contribution in [2.24, 2.45) is 0 Å². The lowest BCUT2D eigenvalue weighted by atomic mass is 10.0. The molecule has 0 bridgehead atoms. The maximum absolute atomic E-state index is 14.2. The predicted molar refractivity (Wildman–Crippen MR) is 88.2 cm³/mol. The van der Waals surface area contributed by atoms with Gasteiger partial charge in [0.2, 0.25) is 0 Å². The zero-order valence-corrected chi connectivity index (χ0v) is 13.5. The molecule has 0 unspecified atom stereocenters. The van der Waals surface area contributed by atoms with E-state index >= 15 is 0 Å². The van der Waals surface area contributed by atoms with Gasteiger partial charge in [-0.05, 0) is 36.8 Å². The van der Waals surface area contributed by atoms with E-state index in [2.05, 4.69) is 6.58 Å². The minimum atomic E-state index is -0.518. The summed E-state index contributed by atoms with van der Waals surface area (Å²) < 4.78 is 24.3. The average Bonchev–Trinajstić information content (AvgIpc) is 2.55. The molecule has 2 aromatic rings. The van der Waals surface area contributed by atoms with Gasteiger partial charge in [-0.3, -0.25) is 4.79 Å². The number of rotatable bonds is 5. The van der Waals surface area contributed by atoms with Crippen LogP contribution in [0, 0.1) is 5.82 Å². The maximum Gasteiger partial charge on any atom is 0.338 e. The molecule has 4 nitrogen and oxygen atoms in total. The maximum atomic E-state index is 14.2. The Labute approximate surface area is 139 Å². The van der Waals surface area contributed by atoms with Gasteiger partial charge in [0, 0.05) is 23.6 Å². The Hall–Kier alpha value is -2.95. The molecule has 0 amide bonds. The first-order valence-electron chi connectivity index (χ1n) is 7.39. The molecule has 0 spiro atoms. The fourth-order valence-corrected chi connectivity index (χ4v) is 1.89. The molecule has 2 rings (SSSR count). The molecule has 5 heteroatoms. The third-order valence-electron chi connectivity index (χ3n) is 3.19. The molecule has 0 aliphatic heterocycles. The second-order valence-corrected chi connectivity index (χ2v) is 5.16. The van der Waals surface area contributed by atoms with E-state index in [1.165, 1.54) is 12.1 Å². The van der Waals surface area contributed by atoms with Crippen LogP contribution in [0.5, 0.6) is 11.5 Å². The summed E-state index contributed by atoms with van der Waals surface area (Å²) in [5.41, 5.74) is 1.25. The molecule has 0 heterocycles. The van der Waals surface area contributed by atoms with Gasteiger partial charge in [0.05, 0.1) is 0 Å². The van der Waals surface area contributed by atoms with E-state index in [4.69, 9.17) is 9.47 Å². The topological polar surface area (TPSA) is 52.6 Å². The van der Waals surface area contributed by atoms with E-state index < -0.39 is 17.8 Å². The zero-order valence-electron chi connectivity index (χ0n) is 13.5. The van der Waals surface area contributed by atoms with Gasteiger partial charge in [-0.2, -0.15) is 0 Å². The number of benzene rings is 2. The summed E-state index contributed by atoms with van der Waals surface area (Å²) >= 11 is 0. The Balaban J connectivity index is 2.18. The molecule has 0 fully saturated rings. The standard InChI is InChI=1S/C19H17FO4/c1-4-18(21)23-15-9-10-16(17(20)11-15)13-5-7-14(8-6-13)24-19(22)12(2)3/h5-11H,2,4H2,1,3H3. The monoisotopic (exact) mass is 328 g/mol. The van der Waals surface area contributed by atoms with E-state index in [-0.39, 0.29) is 12.2 Å². The molecule has 0 atom stereocenters. The lowest BCUT2D eigenvalue weighted by molar-refractivity contribution is -0.134. The molecule has 0 radical (unpaired) electrons. The molecule has 2 aromatic carbocycles. The first-order chi connectivity index (χ1) is 11.4. The van der Waals surface area contributed by atoms with Crippen LogP contribution in [0.1, 0.15) is 20.3 Å². The van der Waals surface area contributed by atoms with Gasteiger partial charge in [-0.1, -0.05) is 25.6 Å². The van der Waals surface area contributed by atoms with Crippen molar-refractivity contribution in [3.8, 4) is 22.6 Å². The molecular weight excluding hydrogens is 311 g/mol. The smallest absolute Gasteiger partial charge is 0.338 e. The van der Waals surface area contributed by atoms with Gasteiger partial charge in [0.1, 0.15) is 17.3 Å². The summed E-state index contributed by atoms with van der Waals surface area (Å²) in [6.07, 6.45) is 0.216. The van der Waals surface area contributed by atoms with Crippen LogP contribution in [-0.4, -0.2) is 11.9 Å².